The van der Waals surface area contributed by atoms with Gasteiger partial charge in [-0.05, 0) is 12.5 Å². The lowest BCUT2D eigenvalue weighted by Crippen LogP contribution is -2.63. The highest BCUT2D eigenvalue weighted by Crippen LogP contribution is 2.27. The Hall–Kier alpha value is -1.29. The van der Waals surface area contributed by atoms with Crippen molar-refractivity contribution in [2.45, 2.75) is 25.4 Å². The van der Waals surface area contributed by atoms with E-state index in [1.165, 1.54) is 12.5 Å². The number of aliphatic hydroxyl groups is 1. The van der Waals surface area contributed by atoms with Gasteiger partial charge in [-0.2, -0.15) is 0 Å². The Morgan fingerprint density at radius 2 is 2.40 bits per heavy atom. The van der Waals surface area contributed by atoms with Crippen LogP contribution in [0.2, 0.25) is 0 Å². The molecular weight excluding hydrogens is 194 g/mol. The second-order valence-electron chi connectivity index (χ2n) is 4.15. The molecule has 15 heavy (non-hydrogen) atoms. The molecule has 1 aromatic heterocycles. The topological polar surface area (TPSA) is 53.7 Å². The fourth-order valence-corrected chi connectivity index (χ4v) is 2.00. The van der Waals surface area contributed by atoms with Crippen molar-refractivity contribution in [1.29, 1.82) is 0 Å². The van der Waals surface area contributed by atoms with Crippen LogP contribution in [-0.2, 0) is 0 Å². The van der Waals surface area contributed by atoms with E-state index in [1.807, 2.05) is 6.92 Å². The summed E-state index contributed by atoms with van der Waals surface area (Å²) in [6.45, 7) is 2.90. The maximum atomic E-state index is 11.7. The molecule has 2 heterocycles. The van der Waals surface area contributed by atoms with Gasteiger partial charge in [0.05, 0.1) is 30.5 Å². The van der Waals surface area contributed by atoms with Crippen molar-refractivity contribution in [3.05, 3.63) is 24.2 Å². The van der Waals surface area contributed by atoms with Gasteiger partial charge in [-0.1, -0.05) is 13.3 Å². The largest absolute Gasteiger partial charge is 0.472 e. The molecule has 0 saturated carbocycles. The molecule has 82 valence electrons. The van der Waals surface area contributed by atoms with E-state index in [4.69, 9.17) is 4.42 Å². The van der Waals surface area contributed by atoms with Gasteiger partial charge in [-0.25, -0.2) is 0 Å². The Morgan fingerprint density at radius 1 is 1.67 bits per heavy atom. The van der Waals surface area contributed by atoms with Crippen molar-refractivity contribution in [2.75, 3.05) is 13.1 Å². The van der Waals surface area contributed by atoms with Crippen LogP contribution in [0.3, 0.4) is 0 Å². The molecule has 1 saturated heterocycles. The number of hydrogen-bond donors (Lipinski definition) is 1. The first-order chi connectivity index (χ1) is 7.14. The number of amides is 1. The van der Waals surface area contributed by atoms with E-state index in [0.717, 1.165) is 12.8 Å². The zero-order chi connectivity index (χ0) is 10.9. The second kappa shape index (κ2) is 3.70. The molecule has 2 rings (SSSR count). The van der Waals surface area contributed by atoms with Crippen molar-refractivity contribution in [3.8, 4) is 0 Å². The van der Waals surface area contributed by atoms with Crippen molar-refractivity contribution >= 4 is 5.91 Å². The highest BCUT2D eigenvalue weighted by molar-refractivity contribution is 5.94. The summed E-state index contributed by atoms with van der Waals surface area (Å²) in [7, 11) is 0. The minimum absolute atomic E-state index is 0.0653. The van der Waals surface area contributed by atoms with Crippen molar-refractivity contribution in [1.82, 2.24) is 4.90 Å². The van der Waals surface area contributed by atoms with E-state index < -0.39 is 5.60 Å². The highest BCUT2D eigenvalue weighted by Gasteiger charge is 2.42. The van der Waals surface area contributed by atoms with Crippen molar-refractivity contribution in [3.63, 3.8) is 0 Å². The molecule has 1 aromatic rings. The minimum Gasteiger partial charge on any atom is -0.472 e. The number of carbonyl (C=O) groups is 1. The van der Waals surface area contributed by atoms with E-state index in [-0.39, 0.29) is 5.91 Å². The smallest absolute Gasteiger partial charge is 0.257 e. The number of rotatable bonds is 3. The molecule has 1 fully saturated rings. The van der Waals surface area contributed by atoms with Gasteiger partial charge in [0.2, 0.25) is 0 Å². The second-order valence-corrected chi connectivity index (χ2v) is 4.15. The van der Waals surface area contributed by atoms with Gasteiger partial charge in [0.25, 0.3) is 5.91 Å². The predicted molar refractivity (Wildman–Crippen MR) is 54.5 cm³/mol. The normalized spacial score (nSPS) is 18.7. The maximum absolute atomic E-state index is 11.7. The number of nitrogens with zero attached hydrogens (tertiary/aromatic N) is 1. The van der Waals surface area contributed by atoms with Gasteiger partial charge >= 0.3 is 0 Å². The summed E-state index contributed by atoms with van der Waals surface area (Å²) in [5.74, 6) is -0.0653. The summed E-state index contributed by atoms with van der Waals surface area (Å²) < 4.78 is 4.84. The molecule has 1 aliphatic heterocycles. The summed E-state index contributed by atoms with van der Waals surface area (Å²) in [5, 5.41) is 9.91. The third kappa shape index (κ3) is 1.90. The zero-order valence-electron chi connectivity index (χ0n) is 8.77. The van der Waals surface area contributed by atoms with Gasteiger partial charge in [0.1, 0.15) is 6.26 Å². The SMILES string of the molecule is CCCC1(O)CN(C(=O)c2ccoc2)C1. The lowest BCUT2D eigenvalue weighted by molar-refractivity contribution is -0.0860. The summed E-state index contributed by atoms with van der Waals surface area (Å²) in [5.41, 5.74) is -0.109. The number of carbonyl (C=O) groups excluding carboxylic acids is 1. The molecule has 0 aliphatic carbocycles. The average molecular weight is 209 g/mol. The molecule has 0 unspecified atom stereocenters. The maximum Gasteiger partial charge on any atom is 0.257 e. The van der Waals surface area contributed by atoms with E-state index in [1.54, 1.807) is 11.0 Å². The van der Waals surface area contributed by atoms with Crippen LogP contribution in [0.25, 0.3) is 0 Å². The average Bonchev–Trinajstić information content (AvgIpc) is 2.66. The Bertz CT molecular complexity index is 339. The van der Waals surface area contributed by atoms with Crippen LogP contribution in [0.1, 0.15) is 30.1 Å². The fourth-order valence-electron chi connectivity index (χ4n) is 2.00. The first-order valence-electron chi connectivity index (χ1n) is 5.18. The minimum atomic E-state index is -0.659. The Kier molecular flexibility index (Phi) is 2.52. The third-order valence-electron chi connectivity index (χ3n) is 2.74. The Balaban J connectivity index is 1.92. The number of likely N-dealkylation sites (tertiary alicyclic amines) is 1. The molecule has 4 heteroatoms. The number of furan rings is 1. The molecule has 0 spiro atoms. The molecule has 0 aromatic carbocycles. The van der Waals surface area contributed by atoms with Crippen LogP contribution >= 0.6 is 0 Å². The first-order valence-corrected chi connectivity index (χ1v) is 5.18. The van der Waals surface area contributed by atoms with Crippen LogP contribution in [0.4, 0.5) is 0 Å². The van der Waals surface area contributed by atoms with Gasteiger partial charge in [0.15, 0.2) is 0 Å². The summed E-state index contributed by atoms with van der Waals surface area (Å²) in [6.07, 6.45) is 4.59. The molecule has 1 aliphatic rings. The third-order valence-corrected chi connectivity index (χ3v) is 2.74. The highest BCUT2D eigenvalue weighted by atomic mass is 16.3. The Labute approximate surface area is 88.5 Å². The summed E-state index contributed by atoms with van der Waals surface area (Å²) in [6, 6.07) is 1.64. The van der Waals surface area contributed by atoms with Gasteiger partial charge in [0, 0.05) is 0 Å². The zero-order valence-corrected chi connectivity index (χ0v) is 8.77. The monoisotopic (exact) mass is 209 g/mol. The van der Waals surface area contributed by atoms with Crippen LogP contribution < -0.4 is 0 Å². The Morgan fingerprint density at radius 3 is 2.93 bits per heavy atom. The first kappa shape index (κ1) is 10.2. The molecule has 1 amide bonds. The van der Waals surface area contributed by atoms with Gasteiger partial charge < -0.3 is 14.4 Å². The molecule has 0 radical (unpaired) electrons. The summed E-state index contributed by atoms with van der Waals surface area (Å²) >= 11 is 0. The van der Waals surface area contributed by atoms with Gasteiger partial charge in [-0.3, -0.25) is 4.79 Å². The van der Waals surface area contributed by atoms with Crippen molar-refractivity contribution in [2.24, 2.45) is 0 Å². The molecular formula is C11H15NO3. The number of hydrogen-bond acceptors (Lipinski definition) is 3. The molecule has 0 bridgehead atoms. The van der Waals surface area contributed by atoms with E-state index >= 15 is 0 Å². The van der Waals surface area contributed by atoms with E-state index in [0.29, 0.717) is 18.7 Å². The van der Waals surface area contributed by atoms with Crippen LogP contribution in [0.15, 0.2) is 23.0 Å². The standard InChI is InChI=1S/C11H15NO3/c1-2-4-11(14)7-12(8-11)10(13)9-3-5-15-6-9/h3,5-6,14H,2,4,7-8H2,1H3. The predicted octanol–water partition coefficient (Wildman–Crippen LogP) is 1.27. The van der Waals surface area contributed by atoms with E-state index in [9.17, 15) is 9.90 Å². The van der Waals surface area contributed by atoms with Crippen molar-refractivity contribution < 1.29 is 14.3 Å². The lowest BCUT2D eigenvalue weighted by Gasteiger charge is -2.46. The van der Waals surface area contributed by atoms with Gasteiger partial charge in [-0.15, -0.1) is 0 Å². The summed E-state index contributed by atoms with van der Waals surface area (Å²) in [4.78, 5) is 13.4. The fraction of sp³-hybridized carbons (Fsp3) is 0.545. The van der Waals surface area contributed by atoms with E-state index in [2.05, 4.69) is 0 Å². The van der Waals surface area contributed by atoms with Crippen LogP contribution in [-0.4, -0.2) is 34.6 Å². The molecule has 1 N–H and O–H groups in total. The van der Waals surface area contributed by atoms with Crippen LogP contribution in [0, 0.1) is 0 Å². The molecule has 4 nitrogen and oxygen atoms in total. The lowest BCUT2D eigenvalue weighted by atomic mass is 9.89. The molecule has 0 atom stereocenters. The van der Waals surface area contributed by atoms with Crippen LogP contribution in [0.5, 0.6) is 0 Å². The quantitative estimate of drug-likeness (QED) is 0.815. The number of β-amino-alcohol motifs (C(OH)–C–C–N with tert-alkyl or cyclic N) is 1.